The quantitative estimate of drug-likeness (QED) is 0.661. The van der Waals surface area contributed by atoms with Gasteiger partial charge in [-0.15, -0.1) is 0 Å². The number of rotatable bonds is 7. The van der Waals surface area contributed by atoms with E-state index in [2.05, 4.69) is 25.7 Å². The Morgan fingerprint density at radius 3 is 2.43 bits per heavy atom. The number of hydrogen-bond acceptors (Lipinski definition) is 6. The monoisotopic (exact) mass is 417 g/mol. The van der Waals surface area contributed by atoms with Crippen LogP contribution in [0, 0.1) is 0 Å². The van der Waals surface area contributed by atoms with Crippen LogP contribution in [0.15, 0.2) is 4.52 Å². The summed E-state index contributed by atoms with van der Waals surface area (Å²) in [5.41, 5.74) is -0.540. The van der Waals surface area contributed by atoms with Gasteiger partial charge in [0.05, 0.1) is 0 Å². The van der Waals surface area contributed by atoms with Crippen LogP contribution < -0.4 is 10.6 Å². The van der Waals surface area contributed by atoms with E-state index in [0.717, 1.165) is 70.5 Å². The molecule has 8 heteroatoms. The minimum atomic E-state index is -0.540. The first-order chi connectivity index (χ1) is 14.5. The Hall–Kier alpha value is -1.96. The molecule has 2 aliphatic carbocycles. The fourth-order valence-electron chi connectivity index (χ4n) is 4.99. The molecule has 0 radical (unpaired) electrons. The van der Waals surface area contributed by atoms with Gasteiger partial charge in [-0.05, 0) is 38.5 Å². The van der Waals surface area contributed by atoms with Crippen LogP contribution >= 0.6 is 0 Å². The molecule has 0 atom stereocenters. The van der Waals surface area contributed by atoms with Crippen molar-refractivity contribution >= 4 is 11.8 Å². The molecule has 1 aromatic heterocycles. The first kappa shape index (κ1) is 21.3. The highest BCUT2D eigenvalue weighted by atomic mass is 16.5. The summed E-state index contributed by atoms with van der Waals surface area (Å²) in [5.74, 6) is 1.00. The predicted molar refractivity (Wildman–Crippen MR) is 112 cm³/mol. The lowest BCUT2D eigenvalue weighted by Crippen LogP contribution is -2.45. The third kappa shape index (κ3) is 5.39. The molecule has 8 nitrogen and oxygen atoms in total. The summed E-state index contributed by atoms with van der Waals surface area (Å²) in [6.45, 7) is 3.72. The lowest BCUT2D eigenvalue weighted by molar-refractivity contribution is -0.122. The van der Waals surface area contributed by atoms with Crippen molar-refractivity contribution in [3.63, 3.8) is 0 Å². The van der Waals surface area contributed by atoms with Gasteiger partial charge in [-0.25, -0.2) is 0 Å². The van der Waals surface area contributed by atoms with E-state index in [4.69, 9.17) is 4.52 Å². The average molecular weight is 418 g/mol. The van der Waals surface area contributed by atoms with Crippen LogP contribution in [0.1, 0.15) is 89.3 Å². The molecule has 2 saturated carbocycles. The Morgan fingerprint density at radius 1 is 1.10 bits per heavy atom. The van der Waals surface area contributed by atoms with Crippen molar-refractivity contribution in [1.29, 1.82) is 0 Å². The molecule has 30 heavy (non-hydrogen) atoms. The van der Waals surface area contributed by atoms with E-state index in [1.54, 1.807) is 0 Å². The maximum Gasteiger partial charge on any atom is 0.227 e. The van der Waals surface area contributed by atoms with Crippen LogP contribution in [0.25, 0.3) is 0 Å². The van der Waals surface area contributed by atoms with E-state index < -0.39 is 5.54 Å². The van der Waals surface area contributed by atoms with Gasteiger partial charge in [0.25, 0.3) is 0 Å². The molecule has 0 aromatic carbocycles. The van der Waals surface area contributed by atoms with Crippen LogP contribution in [-0.2, 0) is 21.5 Å². The molecule has 2 amide bonds. The predicted octanol–water partition coefficient (Wildman–Crippen LogP) is 2.43. The molecule has 1 aliphatic heterocycles. The van der Waals surface area contributed by atoms with Crippen LogP contribution in [0.5, 0.6) is 0 Å². The van der Waals surface area contributed by atoms with Gasteiger partial charge in [-0.2, -0.15) is 4.98 Å². The maximum atomic E-state index is 12.4. The van der Waals surface area contributed by atoms with E-state index in [-0.39, 0.29) is 17.9 Å². The summed E-state index contributed by atoms with van der Waals surface area (Å²) in [6.07, 6.45) is 11.6. The van der Waals surface area contributed by atoms with Crippen molar-refractivity contribution in [2.75, 3.05) is 13.1 Å². The largest absolute Gasteiger partial charge is 0.353 e. The van der Waals surface area contributed by atoms with Gasteiger partial charge in [0, 0.05) is 44.9 Å². The van der Waals surface area contributed by atoms with Gasteiger partial charge < -0.3 is 20.1 Å². The molecule has 1 aromatic rings. The Labute approximate surface area is 178 Å². The lowest BCUT2D eigenvalue weighted by Gasteiger charge is -2.32. The number of carbonyl (C=O) groups excluding carboxylic acids is 2. The van der Waals surface area contributed by atoms with E-state index in [1.165, 1.54) is 19.8 Å². The van der Waals surface area contributed by atoms with Gasteiger partial charge in [0.1, 0.15) is 5.54 Å². The smallest absolute Gasteiger partial charge is 0.227 e. The molecular formula is C22H35N5O3. The number of nitrogens with one attached hydrogen (secondary N) is 2. The van der Waals surface area contributed by atoms with Crippen molar-refractivity contribution in [1.82, 2.24) is 25.7 Å². The second kappa shape index (κ2) is 9.45. The van der Waals surface area contributed by atoms with E-state index in [1.807, 2.05) is 0 Å². The number of amides is 2. The van der Waals surface area contributed by atoms with Gasteiger partial charge in [0.15, 0.2) is 5.82 Å². The number of carbonyl (C=O) groups is 2. The minimum absolute atomic E-state index is 0.0469. The average Bonchev–Trinajstić information content (AvgIpc) is 3.50. The van der Waals surface area contributed by atoms with Crippen LogP contribution in [0.2, 0.25) is 0 Å². The number of aryl methyl sites for hydroxylation is 1. The lowest BCUT2D eigenvalue weighted by atomic mass is 9.89. The first-order valence-electron chi connectivity index (χ1n) is 11.7. The number of likely N-dealkylation sites (tertiary alicyclic amines) is 1. The molecule has 0 bridgehead atoms. The van der Waals surface area contributed by atoms with E-state index in [0.29, 0.717) is 24.6 Å². The normalized spacial score (nSPS) is 23.0. The van der Waals surface area contributed by atoms with Crippen LogP contribution in [0.3, 0.4) is 0 Å². The Balaban J connectivity index is 1.28. The van der Waals surface area contributed by atoms with E-state index >= 15 is 0 Å². The number of nitrogens with zero attached hydrogens (tertiary/aromatic N) is 3. The van der Waals surface area contributed by atoms with Gasteiger partial charge in [0.2, 0.25) is 17.7 Å². The molecule has 4 rings (SSSR count). The topological polar surface area (TPSA) is 100 Å². The zero-order chi connectivity index (χ0) is 21.0. The Bertz CT molecular complexity index is 729. The zero-order valence-corrected chi connectivity index (χ0v) is 18.1. The summed E-state index contributed by atoms with van der Waals surface area (Å²) in [7, 11) is 0. The fraction of sp³-hybridized carbons (Fsp3) is 0.818. The summed E-state index contributed by atoms with van der Waals surface area (Å²) in [4.78, 5) is 31.4. The molecule has 3 aliphatic rings. The molecule has 0 spiro atoms. The van der Waals surface area contributed by atoms with Gasteiger partial charge in [-0.3, -0.25) is 9.59 Å². The zero-order valence-electron chi connectivity index (χ0n) is 18.1. The van der Waals surface area contributed by atoms with Crippen molar-refractivity contribution < 1.29 is 14.1 Å². The third-order valence-electron chi connectivity index (χ3n) is 6.79. The summed E-state index contributed by atoms with van der Waals surface area (Å²) < 4.78 is 5.45. The highest BCUT2D eigenvalue weighted by Gasteiger charge is 2.38. The fourth-order valence-corrected chi connectivity index (χ4v) is 4.99. The Kier molecular flexibility index (Phi) is 6.71. The number of aromatic nitrogens is 2. The van der Waals surface area contributed by atoms with Crippen LogP contribution in [0.4, 0.5) is 0 Å². The van der Waals surface area contributed by atoms with Crippen molar-refractivity contribution in [2.24, 2.45) is 0 Å². The van der Waals surface area contributed by atoms with Gasteiger partial charge >= 0.3 is 0 Å². The summed E-state index contributed by atoms with van der Waals surface area (Å²) >= 11 is 0. The maximum absolute atomic E-state index is 12.4. The highest BCUT2D eigenvalue weighted by Crippen LogP contribution is 2.34. The van der Waals surface area contributed by atoms with Crippen LogP contribution in [-0.4, -0.2) is 52.0 Å². The number of piperidine rings is 1. The summed E-state index contributed by atoms with van der Waals surface area (Å²) in [6, 6.07) is 1.09. The van der Waals surface area contributed by atoms with Gasteiger partial charge in [-0.1, -0.05) is 30.8 Å². The van der Waals surface area contributed by atoms with Crippen molar-refractivity contribution in [2.45, 2.75) is 102 Å². The molecule has 166 valence electrons. The third-order valence-corrected chi connectivity index (χ3v) is 6.79. The standard InChI is InChI=1S/C22H35N5O3/c1-16(28)25-22(12-4-2-3-5-13-22)21-24-20(30-26-21)9-8-19(29)23-17-10-14-27(15-11-17)18-6-7-18/h17-18H,2-15H2,1H3,(H,23,29)(H,25,28). The second-order valence-electron chi connectivity index (χ2n) is 9.30. The molecule has 2 N–H and O–H groups in total. The second-order valence-corrected chi connectivity index (χ2v) is 9.30. The molecule has 1 saturated heterocycles. The molecule has 0 unspecified atom stereocenters. The summed E-state index contributed by atoms with van der Waals surface area (Å²) in [5, 5.41) is 10.5. The Morgan fingerprint density at radius 2 is 1.80 bits per heavy atom. The van der Waals surface area contributed by atoms with Crippen molar-refractivity contribution in [3.05, 3.63) is 11.7 Å². The molecular weight excluding hydrogens is 382 g/mol. The molecule has 3 fully saturated rings. The first-order valence-corrected chi connectivity index (χ1v) is 11.7. The van der Waals surface area contributed by atoms with E-state index in [9.17, 15) is 9.59 Å². The SMILES string of the molecule is CC(=O)NC1(c2noc(CCC(=O)NC3CCN(C4CC4)CC3)n2)CCCCCC1. The highest BCUT2D eigenvalue weighted by molar-refractivity contribution is 5.76. The number of hydrogen-bond donors (Lipinski definition) is 2. The minimum Gasteiger partial charge on any atom is -0.353 e. The van der Waals surface area contributed by atoms with Crippen molar-refractivity contribution in [3.8, 4) is 0 Å². The molecule has 2 heterocycles.